The highest BCUT2D eigenvalue weighted by molar-refractivity contribution is 7.99. The van der Waals surface area contributed by atoms with Gasteiger partial charge >= 0.3 is 0 Å². The van der Waals surface area contributed by atoms with Crippen LogP contribution in [0.1, 0.15) is 84.5 Å². The molecule has 8 rings (SSSR count). The number of para-hydroxylation sites is 1. The van der Waals surface area contributed by atoms with Gasteiger partial charge in [0.15, 0.2) is 5.65 Å². The number of aromatic nitrogens is 4. The van der Waals surface area contributed by atoms with E-state index in [0.717, 1.165) is 46.9 Å². The predicted octanol–water partition coefficient (Wildman–Crippen LogP) is 6.31. The molecule has 5 aromatic rings. The minimum Gasteiger partial charge on any atom is -0.457 e. The van der Waals surface area contributed by atoms with E-state index >= 15 is 0 Å². The molecule has 3 aliphatic rings. The molecular weight excluding hydrogens is 764 g/mol. The molecule has 0 spiro atoms. The minimum absolute atomic E-state index is 0.00492. The standard InChI is InChI=1S/C42H41FN8O6S/c43-30-16-15-29-34(42(56)50(41(29)55)31-17-18-32(52)47-40(31)54)37(30)58-23-7-2-1-6-10-33(53)49-21-19-26(20-22-49)51-39-35(38(44)45-24-46-39)36(48-51)25-11-13-28(14-12-25)57-27-8-4-3-5-9-27/h3-5,8-9,11-16,24,26,31H,1-2,6-7,10,17-23H2,(H2,44,45,46)(H,47,52,54). The summed E-state index contributed by atoms with van der Waals surface area (Å²) in [5.74, 6) is -0.773. The molecular formula is C42H41FN8O6S. The maximum absolute atomic E-state index is 15.0. The number of imide groups is 2. The Labute approximate surface area is 337 Å². The number of fused-ring (bicyclic) bond motifs is 2. The number of thioether (sulfide) groups is 1. The molecule has 1 unspecified atom stereocenters. The van der Waals surface area contributed by atoms with E-state index in [1.807, 2.05) is 64.2 Å². The summed E-state index contributed by atoms with van der Waals surface area (Å²) in [6, 6.07) is 18.6. The predicted molar refractivity (Wildman–Crippen MR) is 213 cm³/mol. The number of likely N-dealkylation sites (tertiary alicyclic amines) is 1. The van der Waals surface area contributed by atoms with E-state index in [0.29, 0.717) is 79.2 Å². The van der Waals surface area contributed by atoms with E-state index < -0.39 is 35.5 Å². The molecule has 1 atom stereocenters. The van der Waals surface area contributed by atoms with E-state index in [9.17, 15) is 28.4 Å². The highest BCUT2D eigenvalue weighted by atomic mass is 32.2. The molecule has 0 aliphatic carbocycles. The number of hydrogen-bond acceptors (Lipinski definition) is 11. The number of piperidine rings is 2. The topological polar surface area (TPSA) is 183 Å². The number of nitrogen functional groups attached to an aromatic ring is 1. The van der Waals surface area contributed by atoms with Crippen molar-refractivity contribution in [2.75, 3.05) is 24.6 Å². The number of unbranched alkanes of at least 4 members (excludes halogenated alkanes) is 3. The van der Waals surface area contributed by atoms with Crippen molar-refractivity contribution in [2.45, 2.75) is 74.8 Å². The Morgan fingerprint density at radius 3 is 2.38 bits per heavy atom. The Balaban J connectivity index is 0.805. The van der Waals surface area contributed by atoms with Gasteiger partial charge in [-0.15, -0.1) is 11.8 Å². The summed E-state index contributed by atoms with van der Waals surface area (Å²) in [5, 5.41) is 7.86. The lowest BCUT2D eigenvalue weighted by atomic mass is 10.0. The van der Waals surface area contributed by atoms with E-state index in [-0.39, 0.29) is 40.8 Å². The largest absolute Gasteiger partial charge is 0.457 e. The van der Waals surface area contributed by atoms with Crippen LogP contribution in [-0.2, 0) is 14.4 Å². The number of nitrogens with two attached hydrogens (primary N) is 1. The van der Waals surface area contributed by atoms with Crippen LogP contribution in [0.3, 0.4) is 0 Å². The smallest absolute Gasteiger partial charge is 0.263 e. The normalized spacial score (nSPS) is 17.2. The van der Waals surface area contributed by atoms with Crippen LogP contribution in [0.4, 0.5) is 10.2 Å². The van der Waals surface area contributed by atoms with Crippen LogP contribution in [0.15, 0.2) is 78.0 Å². The van der Waals surface area contributed by atoms with Gasteiger partial charge < -0.3 is 15.4 Å². The van der Waals surface area contributed by atoms with Gasteiger partial charge in [0, 0.05) is 31.5 Å². The summed E-state index contributed by atoms with van der Waals surface area (Å²) in [4.78, 5) is 75.3. The zero-order valence-electron chi connectivity index (χ0n) is 31.6. The molecule has 0 bridgehead atoms. The van der Waals surface area contributed by atoms with Crippen LogP contribution < -0.4 is 15.8 Å². The summed E-state index contributed by atoms with van der Waals surface area (Å²) >= 11 is 1.16. The molecule has 2 fully saturated rings. The summed E-state index contributed by atoms with van der Waals surface area (Å²) in [6.07, 6.45) is 6.37. The maximum Gasteiger partial charge on any atom is 0.263 e. The van der Waals surface area contributed by atoms with E-state index in [4.69, 9.17) is 15.6 Å². The SMILES string of the molecule is Nc1ncnc2c1c(-c1ccc(Oc3ccccc3)cc1)nn2C1CCN(C(=O)CCCCCCSc2c(F)ccc3c2C(=O)N(C2CCC(=O)NC2=O)C3=O)CC1. The molecule has 3 N–H and O–H groups in total. The first kappa shape index (κ1) is 38.7. The molecule has 16 heteroatoms. The van der Waals surface area contributed by atoms with Crippen LogP contribution in [0.2, 0.25) is 0 Å². The fourth-order valence-corrected chi connectivity index (χ4v) is 8.92. The molecule has 5 heterocycles. The molecule has 0 radical (unpaired) electrons. The zero-order chi connectivity index (χ0) is 40.3. The number of anilines is 1. The van der Waals surface area contributed by atoms with Gasteiger partial charge in [0.25, 0.3) is 11.8 Å². The number of rotatable bonds is 13. The summed E-state index contributed by atoms with van der Waals surface area (Å²) in [6.45, 7) is 1.19. The van der Waals surface area contributed by atoms with Crippen LogP contribution >= 0.6 is 11.8 Å². The van der Waals surface area contributed by atoms with Gasteiger partial charge in [0.1, 0.15) is 41.2 Å². The highest BCUT2D eigenvalue weighted by Crippen LogP contribution is 2.38. The molecule has 2 saturated heterocycles. The van der Waals surface area contributed by atoms with Crippen molar-refractivity contribution in [2.24, 2.45) is 0 Å². The fraction of sp³-hybridized carbons (Fsp3) is 0.333. The molecule has 3 aromatic carbocycles. The second kappa shape index (κ2) is 16.7. The Bertz CT molecular complexity index is 2400. The molecule has 14 nitrogen and oxygen atoms in total. The number of ether oxygens (including phenoxy) is 1. The third-order valence-corrected chi connectivity index (χ3v) is 12.0. The van der Waals surface area contributed by atoms with Crippen molar-refractivity contribution in [1.29, 1.82) is 0 Å². The quantitative estimate of drug-likeness (QED) is 0.0773. The molecule has 5 amide bonds. The zero-order valence-corrected chi connectivity index (χ0v) is 32.4. The molecule has 2 aromatic heterocycles. The monoisotopic (exact) mass is 804 g/mol. The number of carbonyl (C=O) groups excluding carboxylic acids is 5. The number of carbonyl (C=O) groups is 5. The number of benzene rings is 3. The lowest BCUT2D eigenvalue weighted by molar-refractivity contribution is -0.136. The van der Waals surface area contributed by atoms with Crippen molar-refractivity contribution in [3.63, 3.8) is 0 Å². The van der Waals surface area contributed by atoms with Gasteiger partial charge in [-0.25, -0.2) is 19.0 Å². The minimum atomic E-state index is -1.11. The second-order valence-corrected chi connectivity index (χ2v) is 15.7. The van der Waals surface area contributed by atoms with Crippen molar-refractivity contribution >= 4 is 58.1 Å². The van der Waals surface area contributed by atoms with Crippen molar-refractivity contribution in [1.82, 2.24) is 34.9 Å². The number of amides is 5. The molecule has 3 aliphatic heterocycles. The number of nitrogens with zero attached hydrogens (tertiary/aromatic N) is 6. The van der Waals surface area contributed by atoms with Gasteiger partial charge in [0.05, 0.1) is 27.5 Å². The highest BCUT2D eigenvalue weighted by Gasteiger charge is 2.46. The van der Waals surface area contributed by atoms with Crippen molar-refractivity contribution in [3.05, 3.63) is 90.0 Å². The Morgan fingerprint density at radius 1 is 0.879 bits per heavy atom. The Hall–Kier alpha value is -6.16. The number of halogens is 1. The van der Waals surface area contributed by atoms with Gasteiger partial charge in [-0.2, -0.15) is 5.10 Å². The number of nitrogens with one attached hydrogen (secondary N) is 1. The van der Waals surface area contributed by atoms with E-state index in [1.54, 1.807) is 0 Å². The van der Waals surface area contributed by atoms with Crippen molar-refractivity contribution < 1.29 is 33.1 Å². The van der Waals surface area contributed by atoms with E-state index in [1.165, 1.54) is 12.4 Å². The van der Waals surface area contributed by atoms with Crippen LogP contribution in [0.25, 0.3) is 22.3 Å². The first-order valence-corrected chi connectivity index (χ1v) is 20.4. The fourth-order valence-electron chi connectivity index (χ4n) is 7.82. The molecule has 58 heavy (non-hydrogen) atoms. The summed E-state index contributed by atoms with van der Waals surface area (Å²) in [5.41, 5.74) is 8.59. The second-order valence-electron chi connectivity index (χ2n) is 14.6. The average molecular weight is 805 g/mol. The van der Waals surface area contributed by atoms with Gasteiger partial charge in [-0.1, -0.05) is 31.0 Å². The average Bonchev–Trinajstić information content (AvgIpc) is 3.74. The Morgan fingerprint density at radius 2 is 1.62 bits per heavy atom. The van der Waals surface area contributed by atoms with Crippen LogP contribution in [-0.4, -0.2) is 84.0 Å². The van der Waals surface area contributed by atoms with Crippen molar-refractivity contribution in [3.8, 4) is 22.8 Å². The first-order valence-electron chi connectivity index (χ1n) is 19.4. The van der Waals surface area contributed by atoms with Crippen LogP contribution in [0, 0.1) is 5.82 Å². The molecule has 0 saturated carbocycles. The number of hydrogen-bond donors (Lipinski definition) is 2. The lowest BCUT2D eigenvalue weighted by Gasteiger charge is -2.32. The van der Waals surface area contributed by atoms with Gasteiger partial charge in [-0.3, -0.25) is 34.2 Å². The third-order valence-electron chi connectivity index (χ3n) is 10.8. The van der Waals surface area contributed by atoms with Gasteiger partial charge in [-0.05, 0) is 86.4 Å². The third kappa shape index (κ3) is 7.75. The first-order chi connectivity index (χ1) is 28.2. The Kier molecular flexibility index (Phi) is 11.2. The lowest BCUT2D eigenvalue weighted by Crippen LogP contribution is -2.54. The molecule has 298 valence electrons. The van der Waals surface area contributed by atoms with Crippen LogP contribution in [0.5, 0.6) is 11.5 Å². The van der Waals surface area contributed by atoms with E-state index in [2.05, 4.69) is 15.3 Å². The summed E-state index contributed by atoms with van der Waals surface area (Å²) in [7, 11) is 0. The maximum atomic E-state index is 15.0. The van der Waals surface area contributed by atoms with Gasteiger partial charge in [0.2, 0.25) is 17.7 Å². The summed E-state index contributed by atoms with van der Waals surface area (Å²) < 4.78 is 22.9.